The zero-order valence-electron chi connectivity index (χ0n) is 10.5. The van der Waals surface area contributed by atoms with Gasteiger partial charge < -0.3 is 11.1 Å². The highest BCUT2D eigenvalue weighted by Crippen LogP contribution is 2.23. The SMILES string of the molecule is Cc1ccc(NC(=O)c2ccc(CN)cn2)c(Br)c1. The largest absolute Gasteiger partial charge is 0.326 e. The van der Waals surface area contributed by atoms with Crippen molar-refractivity contribution in [3.63, 3.8) is 0 Å². The van der Waals surface area contributed by atoms with Crippen molar-refractivity contribution < 1.29 is 4.79 Å². The van der Waals surface area contributed by atoms with Crippen LogP contribution >= 0.6 is 15.9 Å². The molecule has 0 saturated carbocycles. The number of benzene rings is 1. The number of nitrogens with one attached hydrogen (secondary N) is 1. The molecule has 5 heteroatoms. The number of hydrogen-bond donors (Lipinski definition) is 2. The molecule has 98 valence electrons. The van der Waals surface area contributed by atoms with E-state index in [4.69, 9.17) is 5.73 Å². The van der Waals surface area contributed by atoms with E-state index in [2.05, 4.69) is 26.2 Å². The van der Waals surface area contributed by atoms with Crippen LogP contribution in [0.3, 0.4) is 0 Å². The van der Waals surface area contributed by atoms with Crippen molar-refractivity contribution in [3.05, 3.63) is 57.8 Å². The molecule has 0 aliphatic rings. The number of hydrogen-bond acceptors (Lipinski definition) is 3. The van der Waals surface area contributed by atoms with Gasteiger partial charge in [0.25, 0.3) is 5.91 Å². The second-order valence-electron chi connectivity index (χ2n) is 4.19. The van der Waals surface area contributed by atoms with Gasteiger partial charge in [-0.25, -0.2) is 0 Å². The third-order valence-corrected chi connectivity index (χ3v) is 3.32. The molecule has 0 aliphatic carbocycles. The van der Waals surface area contributed by atoms with Crippen LogP contribution in [0, 0.1) is 6.92 Å². The fourth-order valence-electron chi connectivity index (χ4n) is 1.59. The molecule has 0 bridgehead atoms. The van der Waals surface area contributed by atoms with E-state index in [0.29, 0.717) is 12.2 Å². The van der Waals surface area contributed by atoms with Gasteiger partial charge in [0.1, 0.15) is 5.69 Å². The monoisotopic (exact) mass is 319 g/mol. The lowest BCUT2D eigenvalue weighted by molar-refractivity contribution is 0.102. The first-order chi connectivity index (χ1) is 9.10. The molecule has 19 heavy (non-hydrogen) atoms. The van der Waals surface area contributed by atoms with E-state index in [1.54, 1.807) is 18.3 Å². The van der Waals surface area contributed by atoms with Gasteiger partial charge in [-0.15, -0.1) is 0 Å². The minimum Gasteiger partial charge on any atom is -0.326 e. The number of anilines is 1. The Morgan fingerprint density at radius 2 is 2.16 bits per heavy atom. The third-order valence-electron chi connectivity index (χ3n) is 2.67. The number of halogens is 1. The van der Waals surface area contributed by atoms with Crippen LogP contribution in [0.5, 0.6) is 0 Å². The van der Waals surface area contributed by atoms with E-state index in [9.17, 15) is 4.79 Å². The molecule has 1 heterocycles. The predicted octanol–water partition coefficient (Wildman–Crippen LogP) is 2.86. The first-order valence-corrected chi connectivity index (χ1v) is 6.62. The third kappa shape index (κ3) is 3.39. The highest BCUT2D eigenvalue weighted by atomic mass is 79.9. The van der Waals surface area contributed by atoms with Gasteiger partial charge in [-0.05, 0) is 52.2 Å². The van der Waals surface area contributed by atoms with Crippen molar-refractivity contribution in [1.29, 1.82) is 0 Å². The Bertz CT molecular complexity index is 596. The molecule has 0 spiro atoms. The number of aromatic nitrogens is 1. The molecule has 2 aromatic rings. The Morgan fingerprint density at radius 1 is 1.37 bits per heavy atom. The number of carbonyl (C=O) groups is 1. The molecule has 0 aliphatic heterocycles. The summed E-state index contributed by atoms with van der Waals surface area (Å²) < 4.78 is 0.847. The van der Waals surface area contributed by atoms with Crippen LogP contribution in [0.15, 0.2) is 41.0 Å². The summed E-state index contributed by atoms with van der Waals surface area (Å²) in [5.41, 5.74) is 8.59. The molecule has 1 aromatic carbocycles. The number of amides is 1. The summed E-state index contributed by atoms with van der Waals surface area (Å²) in [6.45, 7) is 2.40. The van der Waals surface area contributed by atoms with Crippen LogP contribution in [-0.4, -0.2) is 10.9 Å². The second-order valence-corrected chi connectivity index (χ2v) is 5.05. The molecule has 0 saturated heterocycles. The van der Waals surface area contributed by atoms with Gasteiger partial charge in [0.05, 0.1) is 5.69 Å². The maximum atomic E-state index is 12.0. The zero-order valence-corrected chi connectivity index (χ0v) is 12.1. The van der Waals surface area contributed by atoms with Gasteiger partial charge in [-0.1, -0.05) is 12.1 Å². The Morgan fingerprint density at radius 3 is 2.74 bits per heavy atom. The summed E-state index contributed by atoms with van der Waals surface area (Å²) in [5, 5.41) is 2.81. The maximum absolute atomic E-state index is 12.0. The molecule has 3 N–H and O–H groups in total. The first kappa shape index (κ1) is 13.7. The van der Waals surface area contributed by atoms with Gasteiger partial charge in [-0.2, -0.15) is 0 Å². The average molecular weight is 320 g/mol. The summed E-state index contributed by atoms with van der Waals surface area (Å²) in [6, 6.07) is 9.20. The lowest BCUT2D eigenvalue weighted by atomic mass is 10.2. The highest BCUT2D eigenvalue weighted by molar-refractivity contribution is 9.10. The van der Waals surface area contributed by atoms with Crippen LogP contribution in [-0.2, 0) is 6.54 Å². The molecular weight excluding hydrogens is 306 g/mol. The summed E-state index contributed by atoms with van der Waals surface area (Å²) >= 11 is 3.42. The minimum atomic E-state index is -0.242. The van der Waals surface area contributed by atoms with Crippen molar-refractivity contribution in [3.8, 4) is 0 Å². The van der Waals surface area contributed by atoms with Crippen LogP contribution in [0.2, 0.25) is 0 Å². The summed E-state index contributed by atoms with van der Waals surface area (Å²) in [6.07, 6.45) is 1.61. The van der Waals surface area contributed by atoms with Gasteiger partial charge in [0.15, 0.2) is 0 Å². The first-order valence-electron chi connectivity index (χ1n) is 5.82. The van der Waals surface area contributed by atoms with Crippen LogP contribution in [0.1, 0.15) is 21.6 Å². The zero-order chi connectivity index (χ0) is 13.8. The Hall–Kier alpha value is -1.72. The average Bonchev–Trinajstić information content (AvgIpc) is 2.42. The Labute approximate surface area is 120 Å². The Balaban J connectivity index is 2.15. The topological polar surface area (TPSA) is 68.0 Å². The van der Waals surface area contributed by atoms with Crippen molar-refractivity contribution in [2.75, 3.05) is 5.32 Å². The number of nitrogens with zero attached hydrogens (tertiary/aromatic N) is 1. The van der Waals surface area contributed by atoms with E-state index in [-0.39, 0.29) is 5.91 Å². The molecule has 2 rings (SSSR count). The summed E-state index contributed by atoms with van der Waals surface area (Å²) in [5.74, 6) is -0.242. The number of carbonyl (C=O) groups excluding carboxylic acids is 1. The number of aryl methyl sites for hydroxylation is 1. The van der Waals surface area contributed by atoms with E-state index < -0.39 is 0 Å². The molecule has 0 fully saturated rings. The van der Waals surface area contributed by atoms with Crippen molar-refractivity contribution in [2.45, 2.75) is 13.5 Å². The number of pyridine rings is 1. The fourth-order valence-corrected chi connectivity index (χ4v) is 2.18. The molecule has 0 radical (unpaired) electrons. The summed E-state index contributed by atoms with van der Waals surface area (Å²) in [7, 11) is 0. The standard InChI is InChI=1S/C14H14BrN3O/c1-9-2-4-12(11(15)6-9)18-14(19)13-5-3-10(7-16)8-17-13/h2-6,8H,7,16H2,1H3,(H,18,19). The highest BCUT2D eigenvalue weighted by Gasteiger charge is 2.09. The Kier molecular flexibility index (Phi) is 4.29. The van der Waals surface area contributed by atoms with Crippen LogP contribution in [0.25, 0.3) is 0 Å². The molecule has 0 atom stereocenters. The lowest BCUT2D eigenvalue weighted by Crippen LogP contribution is -2.14. The van der Waals surface area contributed by atoms with Gasteiger partial charge >= 0.3 is 0 Å². The number of nitrogens with two attached hydrogens (primary N) is 1. The van der Waals surface area contributed by atoms with E-state index in [1.807, 2.05) is 25.1 Å². The lowest BCUT2D eigenvalue weighted by Gasteiger charge is -2.08. The maximum Gasteiger partial charge on any atom is 0.274 e. The predicted molar refractivity (Wildman–Crippen MR) is 79.0 cm³/mol. The van der Waals surface area contributed by atoms with Gasteiger partial charge in [0.2, 0.25) is 0 Å². The normalized spacial score (nSPS) is 10.3. The van der Waals surface area contributed by atoms with Crippen molar-refractivity contribution >= 4 is 27.5 Å². The van der Waals surface area contributed by atoms with E-state index in [1.165, 1.54) is 0 Å². The quantitative estimate of drug-likeness (QED) is 0.914. The van der Waals surface area contributed by atoms with Crippen molar-refractivity contribution in [2.24, 2.45) is 5.73 Å². The molecule has 0 unspecified atom stereocenters. The summed E-state index contributed by atoms with van der Waals surface area (Å²) in [4.78, 5) is 16.1. The molecular formula is C14H14BrN3O. The number of rotatable bonds is 3. The van der Waals surface area contributed by atoms with E-state index in [0.717, 1.165) is 21.3 Å². The van der Waals surface area contributed by atoms with Gasteiger partial charge in [0, 0.05) is 17.2 Å². The van der Waals surface area contributed by atoms with Gasteiger partial charge in [-0.3, -0.25) is 9.78 Å². The van der Waals surface area contributed by atoms with Crippen LogP contribution < -0.4 is 11.1 Å². The van der Waals surface area contributed by atoms with Crippen LogP contribution in [0.4, 0.5) is 5.69 Å². The van der Waals surface area contributed by atoms with E-state index >= 15 is 0 Å². The smallest absolute Gasteiger partial charge is 0.274 e. The minimum absolute atomic E-state index is 0.242. The second kappa shape index (κ2) is 5.95. The molecule has 4 nitrogen and oxygen atoms in total. The van der Waals surface area contributed by atoms with Crippen molar-refractivity contribution in [1.82, 2.24) is 4.98 Å². The molecule has 1 amide bonds. The molecule has 1 aromatic heterocycles. The fraction of sp³-hybridized carbons (Fsp3) is 0.143.